The highest BCUT2D eigenvalue weighted by Gasteiger charge is 2.19. The van der Waals surface area contributed by atoms with Crippen LogP contribution in [0, 0.1) is 5.92 Å². The number of carbonyl (C=O) groups is 3. The number of hydrogen-bond acceptors (Lipinski definition) is 6. The number of ether oxygens (including phenoxy) is 3. The van der Waals surface area contributed by atoms with Crippen LogP contribution in [-0.2, 0) is 28.6 Å². The van der Waals surface area contributed by atoms with E-state index in [1.165, 1.54) is 186 Å². The normalized spacial score (nSPS) is 11.9. The molecule has 0 aromatic heterocycles. The number of rotatable bonds is 47. The van der Waals surface area contributed by atoms with Crippen molar-refractivity contribution >= 4 is 17.9 Å². The van der Waals surface area contributed by atoms with Crippen LogP contribution in [0.4, 0.5) is 0 Å². The summed E-state index contributed by atoms with van der Waals surface area (Å²) in [6.45, 7) is 8.96. The molecule has 0 aromatic rings. The van der Waals surface area contributed by atoms with E-state index in [1.807, 2.05) is 0 Å². The van der Waals surface area contributed by atoms with Gasteiger partial charge in [-0.25, -0.2) is 0 Å². The van der Waals surface area contributed by atoms with Crippen LogP contribution in [0.5, 0.6) is 0 Å². The molecule has 0 bridgehead atoms. The maximum atomic E-state index is 12.7. The summed E-state index contributed by atoms with van der Waals surface area (Å²) in [7, 11) is 0. The predicted molar refractivity (Wildman–Crippen MR) is 247 cm³/mol. The standard InChI is InChI=1S/C52H100O6/c1-5-7-9-11-13-15-17-19-20-21-22-23-25-27-29-31-36-40-44-51(54)57-47-49(58-52(55)45-41-37-33-32-34-38-42-48(3)4)46-56-50(53)43-39-35-30-28-26-24-18-16-14-12-10-8-6-2/h48-49H,5-47H2,1-4H3/t49-/m0/s1. The maximum absolute atomic E-state index is 12.7. The van der Waals surface area contributed by atoms with E-state index in [2.05, 4.69) is 27.7 Å². The smallest absolute Gasteiger partial charge is 0.306 e. The molecular weight excluding hydrogens is 721 g/mol. The van der Waals surface area contributed by atoms with E-state index in [4.69, 9.17) is 14.2 Å². The van der Waals surface area contributed by atoms with Crippen molar-refractivity contribution in [1.82, 2.24) is 0 Å². The molecule has 0 aliphatic rings. The first-order valence-corrected chi connectivity index (χ1v) is 25.9. The molecule has 0 fully saturated rings. The fourth-order valence-corrected chi connectivity index (χ4v) is 7.86. The van der Waals surface area contributed by atoms with E-state index >= 15 is 0 Å². The summed E-state index contributed by atoms with van der Waals surface area (Å²) < 4.78 is 16.8. The molecule has 0 aliphatic carbocycles. The Balaban J connectivity index is 4.21. The maximum Gasteiger partial charge on any atom is 0.306 e. The molecule has 0 spiro atoms. The molecule has 6 heteroatoms. The third-order valence-corrected chi connectivity index (χ3v) is 11.8. The number of hydrogen-bond donors (Lipinski definition) is 0. The van der Waals surface area contributed by atoms with E-state index in [9.17, 15) is 14.4 Å². The third-order valence-electron chi connectivity index (χ3n) is 11.8. The number of unbranched alkanes of at least 4 members (excludes halogenated alkanes) is 34. The molecule has 0 aliphatic heterocycles. The second-order valence-electron chi connectivity index (χ2n) is 18.3. The molecule has 0 N–H and O–H groups in total. The molecule has 0 rings (SSSR count). The van der Waals surface area contributed by atoms with Gasteiger partial charge >= 0.3 is 17.9 Å². The Labute approximate surface area is 361 Å². The second kappa shape index (κ2) is 46.5. The first-order valence-electron chi connectivity index (χ1n) is 25.9. The van der Waals surface area contributed by atoms with Crippen molar-refractivity contribution in [1.29, 1.82) is 0 Å². The van der Waals surface area contributed by atoms with Crippen LogP contribution in [0.1, 0.15) is 291 Å². The lowest BCUT2D eigenvalue weighted by Crippen LogP contribution is -2.30. The number of esters is 3. The van der Waals surface area contributed by atoms with Crippen molar-refractivity contribution in [3.63, 3.8) is 0 Å². The van der Waals surface area contributed by atoms with Gasteiger partial charge in [0.15, 0.2) is 6.10 Å². The van der Waals surface area contributed by atoms with Crippen LogP contribution in [0.3, 0.4) is 0 Å². The van der Waals surface area contributed by atoms with Crippen molar-refractivity contribution in [2.45, 2.75) is 297 Å². The second-order valence-corrected chi connectivity index (χ2v) is 18.3. The molecule has 0 heterocycles. The van der Waals surface area contributed by atoms with Gasteiger partial charge in [0.1, 0.15) is 13.2 Å². The van der Waals surface area contributed by atoms with Gasteiger partial charge in [0.2, 0.25) is 0 Å². The molecule has 344 valence electrons. The molecule has 0 saturated heterocycles. The van der Waals surface area contributed by atoms with Crippen LogP contribution in [0.25, 0.3) is 0 Å². The Morgan fingerprint density at radius 2 is 0.569 bits per heavy atom. The molecule has 0 unspecified atom stereocenters. The lowest BCUT2D eigenvalue weighted by atomic mass is 10.0. The average molecular weight is 821 g/mol. The van der Waals surface area contributed by atoms with E-state index in [0.717, 1.165) is 63.7 Å². The minimum Gasteiger partial charge on any atom is -0.462 e. The van der Waals surface area contributed by atoms with Crippen LogP contribution < -0.4 is 0 Å². The Kier molecular flexibility index (Phi) is 45.2. The fraction of sp³-hybridized carbons (Fsp3) is 0.942. The topological polar surface area (TPSA) is 78.9 Å². The summed E-state index contributed by atoms with van der Waals surface area (Å²) in [6.07, 6.45) is 48.2. The van der Waals surface area contributed by atoms with E-state index < -0.39 is 6.10 Å². The van der Waals surface area contributed by atoms with Gasteiger partial charge in [-0.05, 0) is 25.2 Å². The van der Waals surface area contributed by atoms with Crippen LogP contribution in [0.15, 0.2) is 0 Å². The van der Waals surface area contributed by atoms with Gasteiger partial charge < -0.3 is 14.2 Å². The van der Waals surface area contributed by atoms with Gasteiger partial charge in [0, 0.05) is 19.3 Å². The SMILES string of the molecule is CCCCCCCCCCCCCCCCCCCCC(=O)OC[C@H](COC(=O)CCCCCCCCCCCCCCC)OC(=O)CCCCCCCCC(C)C. The Bertz CT molecular complexity index is 872. The first-order chi connectivity index (χ1) is 28.4. The van der Waals surface area contributed by atoms with Crippen molar-refractivity contribution in [2.75, 3.05) is 13.2 Å². The van der Waals surface area contributed by atoms with E-state index in [1.54, 1.807) is 0 Å². The zero-order valence-corrected chi connectivity index (χ0v) is 39.5. The zero-order valence-electron chi connectivity index (χ0n) is 39.5. The summed E-state index contributed by atoms with van der Waals surface area (Å²) >= 11 is 0. The van der Waals surface area contributed by atoms with Gasteiger partial charge in [0.05, 0.1) is 0 Å². The highest BCUT2D eigenvalue weighted by molar-refractivity contribution is 5.71. The van der Waals surface area contributed by atoms with Crippen LogP contribution in [0.2, 0.25) is 0 Å². The average Bonchev–Trinajstić information content (AvgIpc) is 3.21. The molecule has 0 saturated carbocycles. The molecule has 58 heavy (non-hydrogen) atoms. The van der Waals surface area contributed by atoms with Gasteiger partial charge in [0.25, 0.3) is 0 Å². The van der Waals surface area contributed by atoms with Crippen LogP contribution >= 0.6 is 0 Å². The summed E-state index contributed by atoms with van der Waals surface area (Å²) in [5.41, 5.74) is 0. The lowest BCUT2D eigenvalue weighted by Gasteiger charge is -2.18. The minimum atomic E-state index is -0.761. The lowest BCUT2D eigenvalue weighted by molar-refractivity contribution is -0.167. The largest absolute Gasteiger partial charge is 0.462 e. The summed E-state index contributed by atoms with van der Waals surface area (Å²) in [6, 6.07) is 0. The summed E-state index contributed by atoms with van der Waals surface area (Å²) in [4.78, 5) is 37.8. The van der Waals surface area contributed by atoms with E-state index in [-0.39, 0.29) is 31.1 Å². The molecule has 0 aromatic carbocycles. The molecule has 1 atom stereocenters. The van der Waals surface area contributed by atoms with E-state index in [0.29, 0.717) is 19.3 Å². The minimum absolute atomic E-state index is 0.0640. The Hall–Kier alpha value is -1.59. The quantitative estimate of drug-likeness (QED) is 0.0346. The summed E-state index contributed by atoms with van der Waals surface area (Å²) in [5, 5.41) is 0. The number of carbonyl (C=O) groups excluding carboxylic acids is 3. The Morgan fingerprint density at radius 1 is 0.328 bits per heavy atom. The van der Waals surface area contributed by atoms with Crippen molar-refractivity contribution < 1.29 is 28.6 Å². The highest BCUT2D eigenvalue weighted by Crippen LogP contribution is 2.17. The predicted octanol–water partition coefficient (Wildman–Crippen LogP) is 16.7. The first kappa shape index (κ1) is 56.4. The third kappa shape index (κ3) is 45.5. The van der Waals surface area contributed by atoms with Crippen LogP contribution in [-0.4, -0.2) is 37.2 Å². The van der Waals surface area contributed by atoms with Gasteiger partial charge in [-0.2, -0.15) is 0 Å². The van der Waals surface area contributed by atoms with Crippen molar-refractivity contribution in [3.8, 4) is 0 Å². The fourth-order valence-electron chi connectivity index (χ4n) is 7.86. The summed E-state index contributed by atoms with van der Waals surface area (Å²) in [5.74, 6) is -0.0917. The monoisotopic (exact) mass is 821 g/mol. The van der Waals surface area contributed by atoms with Crippen molar-refractivity contribution in [3.05, 3.63) is 0 Å². The highest BCUT2D eigenvalue weighted by atomic mass is 16.6. The molecular formula is C52H100O6. The molecule has 0 amide bonds. The zero-order chi connectivity index (χ0) is 42.4. The van der Waals surface area contributed by atoms with Crippen molar-refractivity contribution in [2.24, 2.45) is 5.92 Å². The van der Waals surface area contributed by atoms with Gasteiger partial charge in [-0.15, -0.1) is 0 Å². The molecule has 0 radical (unpaired) electrons. The van der Waals surface area contributed by atoms with Gasteiger partial charge in [-0.3, -0.25) is 14.4 Å². The van der Waals surface area contributed by atoms with Gasteiger partial charge in [-0.1, -0.05) is 252 Å². The Morgan fingerprint density at radius 3 is 0.845 bits per heavy atom. The molecule has 6 nitrogen and oxygen atoms in total.